The van der Waals surface area contributed by atoms with Crippen molar-refractivity contribution in [3.05, 3.63) is 41.7 Å². The van der Waals surface area contributed by atoms with Crippen LogP contribution in [0.1, 0.15) is 15.9 Å². The molecule has 1 aromatic carbocycles. The summed E-state index contributed by atoms with van der Waals surface area (Å²) in [6.45, 7) is 1.82. The Hall–Kier alpha value is -2.63. The van der Waals surface area contributed by atoms with Crippen molar-refractivity contribution in [2.75, 3.05) is 12.4 Å². The Kier molecular flexibility index (Phi) is 3.61. The summed E-state index contributed by atoms with van der Waals surface area (Å²) in [5.74, 6) is 0.0851. The van der Waals surface area contributed by atoms with E-state index in [4.69, 9.17) is 9.84 Å². The number of methoxy groups -OCH3 is 1. The molecule has 0 saturated carbocycles. The van der Waals surface area contributed by atoms with Crippen molar-refractivity contribution in [3.63, 3.8) is 0 Å². The number of anilines is 2. The second kappa shape index (κ2) is 5.34. The molecule has 1 heterocycles. The number of hydrogen-bond acceptors (Lipinski definition) is 5. The summed E-state index contributed by atoms with van der Waals surface area (Å²) in [6, 6.07) is 6.50. The Morgan fingerprint density at radius 3 is 2.84 bits per heavy atom. The first-order valence-corrected chi connectivity index (χ1v) is 5.58. The van der Waals surface area contributed by atoms with Gasteiger partial charge in [-0.3, -0.25) is 0 Å². The molecule has 0 fully saturated rings. The molecule has 2 N–H and O–H groups in total. The number of hydrogen-bond donors (Lipinski definition) is 2. The van der Waals surface area contributed by atoms with Crippen LogP contribution in [0.2, 0.25) is 0 Å². The Bertz CT molecular complexity index is 614. The third kappa shape index (κ3) is 2.79. The number of benzene rings is 1. The van der Waals surface area contributed by atoms with Gasteiger partial charge in [0.2, 0.25) is 5.88 Å². The van der Waals surface area contributed by atoms with Crippen molar-refractivity contribution < 1.29 is 14.6 Å². The largest absolute Gasteiger partial charge is 0.481 e. The number of nitrogens with zero attached hydrogens (tertiary/aromatic N) is 2. The quantitative estimate of drug-likeness (QED) is 0.875. The summed E-state index contributed by atoms with van der Waals surface area (Å²) in [6.07, 6.45) is 1.38. The molecule has 98 valence electrons. The van der Waals surface area contributed by atoms with Gasteiger partial charge < -0.3 is 15.2 Å². The normalized spacial score (nSPS) is 10.0. The van der Waals surface area contributed by atoms with Gasteiger partial charge in [0.25, 0.3) is 0 Å². The number of carboxylic acids is 1. The van der Waals surface area contributed by atoms with Crippen LogP contribution in [-0.2, 0) is 0 Å². The van der Waals surface area contributed by atoms with Gasteiger partial charge in [0.05, 0.1) is 18.2 Å². The summed E-state index contributed by atoms with van der Waals surface area (Å²) >= 11 is 0. The minimum atomic E-state index is -0.972. The number of carboxylic acid groups (broad SMARTS) is 1. The molecule has 0 spiro atoms. The molecule has 6 nitrogen and oxygen atoms in total. The highest BCUT2D eigenvalue weighted by atomic mass is 16.5. The zero-order valence-electron chi connectivity index (χ0n) is 10.5. The van der Waals surface area contributed by atoms with Crippen LogP contribution in [0.25, 0.3) is 0 Å². The molecule has 0 aliphatic rings. The molecular formula is C13H13N3O3. The van der Waals surface area contributed by atoms with Gasteiger partial charge in [-0.15, -0.1) is 0 Å². The van der Waals surface area contributed by atoms with E-state index in [0.717, 1.165) is 5.56 Å². The van der Waals surface area contributed by atoms with Crippen LogP contribution in [0.4, 0.5) is 11.5 Å². The fraction of sp³-hybridized carbons (Fsp3) is 0.154. The van der Waals surface area contributed by atoms with E-state index in [9.17, 15) is 4.79 Å². The van der Waals surface area contributed by atoms with Crippen molar-refractivity contribution in [1.29, 1.82) is 0 Å². The van der Waals surface area contributed by atoms with E-state index in [0.29, 0.717) is 17.4 Å². The van der Waals surface area contributed by atoms with E-state index in [2.05, 4.69) is 15.3 Å². The van der Waals surface area contributed by atoms with Gasteiger partial charge in [-0.05, 0) is 25.1 Å². The predicted molar refractivity (Wildman–Crippen MR) is 70.0 cm³/mol. The van der Waals surface area contributed by atoms with Gasteiger partial charge in [-0.25, -0.2) is 14.8 Å². The number of aromatic carboxylic acids is 1. The van der Waals surface area contributed by atoms with E-state index in [1.54, 1.807) is 12.1 Å². The van der Waals surface area contributed by atoms with Gasteiger partial charge in [-0.1, -0.05) is 6.07 Å². The lowest BCUT2D eigenvalue weighted by molar-refractivity contribution is 0.0697. The monoisotopic (exact) mass is 259 g/mol. The maximum absolute atomic E-state index is 10.9. The molecule has 0 saturated heterocycles. The van der Waals surface area contributed by atoms with Crippen LogP contribution < -0.4 is 10.1 Å². The number of nitrogens with one attached hydrogen (secondary N) is 1. The van der Waals surface area contributed by atoms with Gasteiger partial charge >= 0.3 is 5.97 Å². The van der Waals surface area contributed by atoms with E-state index in [1.165, 1.54) is 25.6 Å². The SMILES string of the molecule is COc1ncnc(Nc2cccc(C(=O)O)c2)c1C. The van der Waals surface area contributed by atoms with Crippen LogP contribution in [0.15, 0.2) is 30.6 Å². The van der Waals surface area contributed by atoms with Crippen molar-refractivity contribution in [1.82, 2.24) is 9.97 Å². The average Bonchev–Trinajstić information content (AvgIpc) is 2.41. The minimum absolute atomic E-state index is 0.212. The van der Waals surface area contributed by atoms with Crippen molar-refractivity contribution in [3.8, 4) is 5.88 Å². The van der Waals surface area contributed by atoms with Gasteiger partial charge in [0.15, 0.2) is 0 Å². The molecule has 0 bridgehead atoms. The predicted octanol–water partition coefficient (Wildman–Crippen LogP) is 2.24. The van der Waals surface area contributed by atoms with Crippen molar-refractivity contribution in [2.24, 2.45) is 0 Å². The van der Waals surface area contributed by atoms with Crippen molar-refractivity contribution >= 4 is 17.5 Å². The molecule has 0 unspecified atom stereocenters. The first kappa shape index (κ1) is 12.8. The fourth-order valence-electron chi connectivity index (χ4n) is 1.63. The van der Waals surface area contributed by atoms with E-state index < -0.39 is 5.97 Å². The molecule has 0 radical (unpaired) electrons. The molecule has 2 rings (SSSR count). The molecule has 2 aromatic rings. The second-order valence-corrected chi connectivity index (χ2v) is 3.87. The van der Waals surface area contributed by atoms with Crippen LogP contribution in [0.5, 0.6) is 5.88 Å². The molecule has 0 amide bonds. The number of aromatic nitrogens is 2. The number of rotatable bonds is 4. The molecule has 6 heteroatoms. The molecule has 1 aromatic heterocycles. The van der Waals surface area contributed by atoms with Crippen molar-refractivity contribution in [2.45, 2.75) is 6.92 Å². The second-order valence-electron chi connectivity index (χ2n) is 3.87. The fourth-order valence-corrected chi connectivity index (χ4v) is 1.63. The Morgan fingerprint density at radius 2 is 2.16 bits per heavy atom. The third-order valence-electron chi connectivity index (χ3n) is 2.60. The van der Waals surface area contributed by atoms with Crippen LogP contribution in [0, 0.1) is 6.92 Å². The highest BCUT2D eigenvalue weighted by molar-refractivity contribution is 5.89. The average molecular weight is 259 g/mol. The third-order valence-corrected chi connectivity index (χ3v) is 2.60. The maximum Gasteiger partial charge on any atom is 0.335 e. The lowest BCUT2D eigenvalue weighted by Gasteiger charge is -2.10. The lowest BCUT2D eigenvalue weighted by atomic mass is 10.2. The van der Waals surface area contributed by atoms with Crippen LogP contribution in [0.3, 0.4) is 0 Å². The number of carbonyl (C=O) groups is 1. The minimum Gasteiger partial charge on any atom is -0.481 e. The maximum atomic E-state index is 10.9. The highest BCUT2D eigenvalue weighted by Gasteiger charge is 2.08. The van der Waals surface area contributed by atoms with E-state index in [-0.39, 0.29) is 5.56 Å². The first-order chi connectivity index (χ1) is 9.11. The summed E-state index contributed by atoms with van der Waals surface area (Å²) in [5, 5.41) is 12.0. The topological polar surface area (TPSA) is 84.3 Å². The zero-order valence-corrected chi connectivity index (χ0v) is 10.5. The summed E-state index contributed by atoms with van der Waals surface area (Å²) in [5.41, 5.74) is 1.61. The lowest BCUT2D eigenvalue weighted by Crippen LogP contribution is -2.02. The van der Waals surface area contributed by atoms with Gasteiger partial charge in [-0.2, -0.15) is 0 Å². The molecular weight excluding hydrogens is 246 g/mol. The molecule has 0 aliphatic heterocycles. The smallest absolute Gasteiger partial charge is 0.335 e. The zero-order chi connectivity index (χ0) is 13.8. The summed E-state index contributed by atoms with van der Waals surface area (Å²) < 4.78 is 5.10. The van der Waals surface area contributed by atoms with Crippen LogP contribution >= 0.6 is 0 Å². The highest BCUT2D eigenvalue weighted by Crippen LogP contribution is 2.23. The van der Waals surface area contributed by atoms with E-state index in [1.807, 2.05) is 6.92 Å². The Balaban J connectivity index is 2.31. The summed E-state index contributed by atoms with van der Waals surface area (Å²) in [7, 11) is 1.53. The molecule has 0 aliphatic carbocycles. The standard InChI is InChI=1S/C13H13N3O3/c1-8-11(14-7-15-12(8)19-2)16-10-5-3-4-9(6-10)13(17)18/h3-7H,1-2H3,(H,17,18)(H,14,15,16). The molecule has 19 heavy (non-hydrogen) atoms. The Morgan fingerprint density at radius 1 is 1.37 bits per heavy atom. The van der Waals surface area contributed by atoms with Gasteiger partial charge in [0.1, 0.15) is 12.1 Å². The molecule has 0 atom stereocenters. The number of ether oxygens (including phenoxy) is 1. The van der Waals surface area contributed by atoms with Gasteiger partial charge in [0, 0.05) is 5.69 Å². The Labute approximate surface area is 110 Å². The van der Waals surface area contributed by atoms with E-state index >= 15 is 0 Å². The van der Waals surface area contributed by atoms with Crippen LogP contribution in [-0.4, -0.2) is 28.2 Å². The first-order valence-electron chi connectivity index (χ1n) is 5.58. The summed E-state index contributed by atoms with van der Waals surface area (Å²) in [4.78, 5) is 19.0.